The van der Waals surface area contributed by atoms with Crippen molar-refractivity contribution in [1.82, 2.24) is 4.31 Å². The first-order valence-corrected chi connectivity index (χ1v) is 11.5. The highest BCUT2D eigenvalue weighted by atomic mass is 35.5. The fourth-order valence-electron chi connectivity index (χ4n) is 3.72. The third kappa shape index (κ3) is 5.28. The molecule has 30 heavy (non-hydrogen) atoms. The van der Waals surface area contributed by atoms with Gasteiger partial charge in [0, 0.05) is 18.0 Å². The van der Waals surface area contributed by atoms with Crippen LogP contribution in [0.15, 0.2) is 65.6 Å². The van der Waals surface area contributed by atoms with Crippen molar-refractivity contribution >= 4 is 27.6 Å². The van der Waals surface area contributed by atoms with Crippen LogP contribution in [0.4, 0.5) is 4.39 Å². The van der Waals surface area contributed by atoms with Crippen molar-refractivity contribution in [3.8, 4) is 0 Å². The Hall–Kier alpha value is -2.22. The lowest BCUT2D eigenvalue weighted by Crippen LogP contribution is -2.32. The molecule has 1 N–H and O–H groups in total. The summed E-state index contributed by atoms with van der Waals surface area (Å²) in [5.74, 6) is -1.39. The second kappa shape index (κ2) is 9.73. The number of allylic oxidation sites excluding steroid dienone is 1. The first-order valence-electron chi connectivity index (χ1n) is 9.70. The van der Waals surface area contributed by atoms with Crippen LogP contribution in [-0.4, -0.2) is 30.3 Å². The van der Waals surface area contributed by atoms with Crippen molar-refractivity contribution in [3.63, 3.8) is 0 Å². The molecule has 5 nitrogen and oxygen atoms in total. The molecule has 1 saturated heterocycles. The fraction of sp³-hybridized carbons (Fsp3) is 0.318. The third-order valence-corrected chi connectivity index (χ3v) is 7.32. The molecule has 0 aliphatic carbocycles. The molecule has 0 saturated carbocycles. The van der Waals surface area contributed by atoms with Crippen molar-refractivity contribution in [1.29, 1.82) is 0 Å². The maximum Gasteiger partial charge on any atom is 0.303 e. The van der Waals surface area contributed by atoms with Gasteiger partial charge in [-0.3, -0.25) is 4.79 Å². The Bertz CT molecular complexity index is 1010. The minimum atomic E-state index is -3.82. The van der Waals surface area contributed by atoms with Gasteiger partial charge in [-0.1, -0.05) is 35.9 Å². The molecule has 2 aromatic carbocycles. The Morgan fingerprint density at radius 3 is 2.47 bits per heavy atom. The summed E-state index contributed by atoms with van der Waals surface area (Å²) in [6.07, 6.45) is 5.76. The molecule has 160 valence electrons. The van der Waals surface area contributed by atoms with Crippen LogP contribution in [0, 0.1) is 11.7 Å². The van der Waals surface area contributed by atoms with Crippen LogP contribution in [0.25, 0.3) is 0 Å². The van der Waals surface area contributed by atoms with Crippen LogP contribution in [0.3, 0.4) is 0 Å². The van der Waals surface area contributed by atoms with Gasteiger partial charge in [-0.25, -0.2) is 12.8 Å². The van der Waals surface area contributed by atoms with Crippen molar-refractivity contribution < 1.29 is 22.7 Å². The van der Waals surface area contributed by atoms with Crippen LogP contribution in [0.5, 0.6) is 0 Å². The van der Waals surface area contributed by atoms with E-state index in [4.69, 9.17) is 16.7 Å². The topological polar surface area (TPSA) is 74.7 Å². The average molecular weight is 452 g/mol. The zero-order chi connectivity index (χ0) is 21.7. The van der Waals surface area contributed by atoms with Gasteiger partial charge in [0.1, 0.15) is 5.82 Å². The number of rotatable bonds is 8. The normalized spacial score (nSPS) is 20.1. The summed E-state index contributed by atoms with van der Waals surface area (Å²) in [6, 6.07) is 11.5. The standard InChI is InChI=1S/C22H23ClFNO4S/c23-18-8-6-17(7-9-18)22-16(4-2-1-3-5-21(26)27)14-15-25(22)30(28,29)20-12-10-19(24)11-13-20/h2,4,6-13,16,22H,1,3,5,14-15H2,(H,26,27)/b4-2-/t16-,22+/m1/s1. The predicted octanol–water partition coefficient (Wildman–Crippen LogP) is 5.04. The number of unbranched alkanes of at least 4 members (excludes halogenated alkanes) is 1. The molecule has 0 bridgehead atoms. The van der Waals surface area contributed by atoms with Crippen LogP contribution < -0.4 is 0 Å². The summed E-state index contributed by atoms with van der Waals surface area (Å²) < 4.78 is 41.3. The molecule has 1 heterocycles. The number of sulfonamides is 1. The Labute approximate surface area is 180 Å². The molecule has 1 aliphatic rings. The maximum atomic E-state index is 13.3. The summed E-state index contributed by atoms with van der Waals surface area (Å²) in [7, 11) is -3.82. The van der Waals surface area contributed by atoms with Gasteiger partial charge in [-0.05, 0) is 67.1 Å². The minimum Gasteiger partial charge on any atom is -0.481 e. The maximum absolute atomic E-state index is 13.3. The van der Waals surface area contributed by atoms with E-state index in [1.165, 1.54) is 16.4 Å². The highest BCUT2D eigenvalue weighted by molar-refractivity contribution is 7.89. The lowest BCUT2D eigenvalue weighted by molar-refractivity contribution is -0.137. The molecule has 0 aromatic heterocycles. The molecule has 2 aromatic rings. The quantitative estimate of drug-likeness (QED) is 0.450. The van der Waals surface area contributed by atoms with Gasteiger partial charge in [0.05, 0.1) is 10.9 Å². The number of aliphatic carboxylic acids is 1. The number of nitrogens with zero attached hydrogens (tertiary/aromatic N) is 1. The lowest BCUT2D eigenvalue weighted by atomic mass is 9.93. The second-order valence-corrected chi connectivity index (χ2v) is 9.56. The van der Waals surface area contributed by atoms with Crippen molar-refractivity contribution in [2.45, 2.75) is 36.6 Å². The Kier molecular flexibility index (Phi) is 7.28. The summed E-state index contributed by atoms with van der Waals surface area (Å²) >= 11 is 6.01. The molecular weight excluding hydrogens is 429 g/mol. The minimum absolute atomic E-state index is 0.0500. The third-order valence-electron chi connectivity index (χ3n) is 5.18. The highest BCUT2D eigenvalue weighted by Crippen LogP contribution is 2.42. The monoisotopic (exact) mass is 451 g/mol. The van der Waals surface area contributed by atoms with E-state index in [1.54, 1.807) is 12.1 Å². The lowest BCUT2D eigenvalue weighted by Gasteiger charge is -2.27. The van der Waals surface area contributed by atoms with E-state index >= 15 is 0 Å². The van der Waals surface area contributed by atoms with Crippen LogP contribution in [0.1, 0.15) is 37.3 Å². The van der Waals surface area contributed by atoms with E-state index in [0.717, 1.165) is 17.7 Å². The molecule has 0 unspecified atom stereocenters. The molecule has 8 heteroatoms. The average Bonchev–Trinajstić information content (AvgIpc) is 3.13. The number of hydrogen-bond acceptors (Lipinski definition) is 3. The van der Waals surface area contributed by atoms with Gasteiger partial charge in [0.2, 0.25) is 10.0 Å². The molecule has 3 rings (SSSR count). The number of benzene rings is 2. The van der Waals surface area contributed by atoms with E-state index in [0.29, 0.717) is 30.8 Å². The summed E-state index contributed by atoms with van der Waals surface area (Å²) in [6.45, 7) is 0.330. The number of carboxylic acids is 1. The SMILES string of the molecule is O=C(O)CCC/C=C\[C@@H]1CCN(S(=O)(=O)c2ccc(F)cc2)[C@@H]1c1ccc(Cl)cc1. The highest BCUT2D eigenvalue weighted by Gasteiger charge is 2.41. The van der Waals surface area contributed by atoms with E-state index in [-0.39, 0.29) is 17.2 Å². The van der Waals surface area contributed by atoms with Crippen molar-refractivity contribution in [2.24, 2.45) is 5.92 Å². The van der Waals surface area contributed by atoms with Crippen LogP contribution >= 0.6 is 11.6 Å². The fourth-order valence-corrected chi connectivity index (χ4v) is 5.52. The second-order valence-electron chi connectivity index (χ2n) is 7.23. The van der Waals surface area contributed by atoms with Gasteiger partial charge >= 0.3 is 5.97 Å². The predicted molar refractivity (Wildman–Crippen MR) is 113 cm³/mol. The smallest absolute Gasteiger partial charge is 0.303 e. The van der Waals surface area contributed by atoms with Crippen LogP contribution in [0.2, 0.25) is 5.02 Å². The number of hydrogen-bond donors (Lipinski definition) is 1. The number of carbonyl (C=O) groups is 1. The van der Waals surface area contributed by atoms with E-state index < -0.39 is 27.9 Å². The summed E-state index contributed by atoms with van der Waals surface area (Å²) in [5.41, 5.74) is 0.822. The van der Waals surface area contributed by atoms with E-state index in [9.17, 15) is 17.6 Å². The van der Waals surface area contributed by atoms with Crippen LogP contribution in [-0.2, 0) is 14.8 Å². The zero-order valence-corrected chi connectivity index (χ0v) is 17.8. The molecule has 0 amide bonds. The largest absolute Gasteiger partial charge is 0.481 e. The Morgan fingerprint density at radius 1 is 1.17 bits per heavy atom. The van der Waals surface area contributed by atoms with Gasteiger partial charge in [0.25, 0.3) is 0 Å². The summed E-state index contributed by atoms with van der Waals surface area (Å²) in [4.78, 5) is 10.7. The molecular formula is C22H23ClFNO4S. The molecule has 1 aliphatic heterocycles. The van der Waals surface area contributed by atoms with E-state index in [2.05, 4.69) is 0 Å². The summed E-state index contributed by atoms with van der Waals surface area (Å²) in [5, 5.41) is 9.32. The molecule has 0 spiro atoms. The van der Waals surface area contributed by atoms with Crippen molar-refractivity contribution in [2.75, 3.05) is 6.54 Å². The molecule has 1 fully saturated rings. The first kappa shape index (κ1) is 22.5. The van der Waals surface area contributed by atoms with Crippen molar-refractivity contribution in [3.05, 3.63) is 77.1 Å². The zero-order valence-electron chi connectivity index (χ0n) is 16.2. The van der Waals surface area contributed by atoms with E-state index in [1.807, 2.05) is 24.3 Å². The Morgan fingerprint density at radius 2 is 1.83 bits per heavy atom. The molecule has 0 radical (unpaired) electrons. The number of carboxylic acid groups (broad SMARTS) is 1. The molecule has 2 atom stereocenters. The first-order chi connectivity index (χ1) is 14.3. The Balaban J connectivity index is 1.88. The number of halogens is 2. The van der Waals surface area contributed by atoms with Gasteiger partial charge in [-0.15, -0.1) is 0 Å². The van der Waals surface area contributed by atoms with Gasteiger partial charge < -0.3 is 5.11 Å². The van der Waals surface area contributed by atoms with Gasteiger partial charge in [-0.2, -0.15) is 4.31 Å². The van der Waals surface area contributed by atoms with Gasteiger partial charge in [0.15, 0.2) is 0 Å².